The van der Waals surface area contributed by atoms with Gasteiger partial charge in [0.2, 0.25) is 0 Å². The Labute approximate surface area is 128 Å². The lowest BCUT2D eigenvalue weighted by atomic mass is 9.98. The van der Waals surface area contributed by atoms with Crippen LogP contribution in [0.25, 0.3) is 0 Å². The summed E-state index contributed by atoms with van der Waals surface area (Å²) in [5.41, 5.74) is 2.32. The van der Waals surface area contributed by atoms with Crippen molar-refractivity contribution in [3.05, 3.63) is 17.5 Å². The number of aromatic nitrogens is 2. The summed E-state index contributed by atoms with van der Waals surface area (Å²) in [5.74, 6) is 0.527. The molecular weight excluding hydrogens is 264 g/mol. The molecule has 2 N–H and O–H groups in total. The van der Waals surface area contributed by atoms with E-state index < -0.39 is 0 Å². The molecule has 1 unspecified atom stereocenters. The van der Waals surface area contributed by atoms with Crippen LogP contribution in [0, 0.1) is 19.8 Å². The van der Waals surface area contributed by atoms with Gasteiger partial charge in [0.1, 0.15) is 0 Å². The second-order valence-electron chi connectivity index (χ2n) is 6.43. The molecule has 2 heterocycles. The Bertz CT molecular complexity index is 424. The summed E-state index contributed by atoms with van der Waals surface area (Å²) in [5, 5.41) is 17.2. The fraction of sp³-hybridized carbons (Fsp3) is 0.812. The molecule has 1 aromatic heterocycles. The molecule has 1 saturated heterocycles. The third kappa shape index (κ3) is 5.09. The van der Waals surface area contributed by atoms with Gasteiger partial charge in [-0.1, -0.05) is 0 Å². The number of piperidine rings is 1. The van der Waals surface area contributed by atoms with Gasteiger partial charge in [0.25, 0.3) is 0 Å². The molecular formula is C16H30N4O. The first-order valence-corrected chi connectivity index (χ1v) is 8.16. The smallest absolute Gasteiger partial charge is 0.0596 e. The van der Waals surface area contributed by atoms with Gasteiger partial charge >= 0.3 is 0 Å². The summed E-state index contributed by atoms with van der Waals surface area (Å²) in [6.07, 6.45) is 2.27. The van der Waals surface area contributed by atoms with Crippen molar-refractivity contribution >= 4 is 0 Å². The Morgan fingerprint density at radius 2 is 2.10 bits per heavy atom. The minimum absolute atomic E-state index is 0.353. The van der Waals surface area contributed by atoms with Gasteiger partial charge in [0.05, 0.1) is 12.2 Å². The van der Waals surface area contributed by atoms with Gasteiger partial charge in [-0.3, -0.25) is 4.68 Å². The highest BCUT2D eigenvalue weighted by Gasteiger charge is 2.18. The Morgan fingerprint density at radius 3 is 2.67 bits per heavy atom. The van der Waals surface area contributed by atoms with Crippen molar-refractivity contribution in [1.82, 2.24) is 20.0 Å². The van der Waals surface area contributed by atoms with Crippen LogP contribution in [-0.2, 0) is 6.54 Å². The van der Waals surface area contributed by atoms with Crippen LogP contribution in [0.1, 0.15) is 31.2 Å². The monoisotopic (exact) mass is 294 g/mol. The van der Waals surface area contributed by atoms with Crippen molar-refractivity contribution in [3.63, 3.8) is 0 Å². The van der Waals surface area contributed by atoms with E-state index >= 15 is 0 Å². The average molecular weight is 294 g/mol. The largest absolute Gasteiger partial charge is 0.396 e. The third-order valence-electron chi connectivity index (χ3n) is 4.44. The average Bonchev–Trinajstić information content (AvgIpc) is 2.77. The predicted molar refractivity (Wildman–Crippen MR) is 85.4 cm³/mol. The molecule has 0 amide bonds. The summed E-state index contributed by atoms with van der Waals surface area (Å²) in [4.78, 5) is 2.50. The maximum absolute atomic E-state index is 9.15. The molecule has 1 aliphatic rings. The first-order valence-electron chi connectivity index (χ1n) is 8.16. The standard InChI is InChI=1S/C16H30N4O/c1-13-10-15(3)20(18-13)11-14(2)17-6-9-19-7-4-16(12-21)5-8-19/h10,14,16-17,21H,4-9,11-12H2,1-3H3. The lowest BCUT2D eigenvalue weighted by Gasteiger charge is -2.31. The Balaban J connectivity index is 1.63. The maximum Gasteiger partial charge on any atom is 0.0596 e. The van der Waals surface area contributed by atoms with Gasteiger partial charge in [-0.05, 0) is 58.7 Å². The van der Waals surface area contributed by atoms with E-state index in [0.717, 1.165) is 51.3 Å². The molecule has 0 saturated carbocycles. The molecule has 5 nitrogen and oxygen atoms in total. The summed E-state index contributed by atoms with van der Waals surface area (Å²) in [6, 6.07) is 2.55. The van der Waals surface area contributed by atoms with Gasteiger partial charge in [0.15, 0.2) is 0 Å². The molecule has 0 aliphatic carbocycles. The topological polar surface area (TPSA) is 53.3 Å². The van der Waals surface area contributed by atoms with E-state index in [4.69, 9.17) is 5.11 Å². The minimum Gasteiger partial charge on any atom is -0.396 e. The lowest BCUT2D eigenvalue weighted by Crippen LogP contribution is -2.41. The van der Waals surface area contributed by atoms with Crippen molar-refractivity contribution in [1.29, 1.82) is 0 Å². The summed E-state index contributed by atoms with van der Waals surface area (Å²) in [7, 11) is 0. The van der Waals surface area contributed by atoms with Crippen LogP contribution in [0.15, 0.2) is 6.07 Å². The van der Waals surface area contributed by atoms with Crippen LogP contribution in [0.2, 0.25) is 0 Å². The number of rotatable bonds is 7. The predicted octanol–water partition coefficient (Wildman–Crippen LogP) is 1.18. The minimum atomic E-state index is 0.353. The van der Waals surface area contributed by atoms with Crippen LogP contribution in [0.3, 0.4) is 0 Å². The Morgan fingerprint density at radius 1 is 1.38 bits per heavy atom. The van der Waals surface area contributed by atoms with Gasteiger partial charge in [-0.2, -0.15) is 5.10 Å². The zero-order valence-electron chi connectivity index (χ0n) is 13.7. The molecule has 1 atom stereocenters. The van der Waals surface area contributed by atoms with Crippen molar-refractivity contribution in [2.45, 2.75) is 46.2 Å². The van der Waals surface area contributed by atoms with E-state index in [0.29, 0.717) is 18.6 Å². The molecule has 21 heavy (non-hydrogen) atoms. The molecule has 0 aromatic carbocycles. The number of nitrogens with one attached hydrogen (secondary N) is 1. The van der Waals surface area contributed by atoms with Gasteiger partial charge in [0, 0.05) is 31.4 Å². The highest BCUT2D eigenvalue weighted by molar-refractivity contribution is 5.06. The molecule has 0 spiro atoms. The Kier molecular flexibility index (Phi) is 6.21. The molecule has 120 valence electrons. The summed E-state index contributed by atoms with van der Waals surface area (Å²) < 4.78 is 2.08. The molecule has 1 fully saturated rings. The first-order chi connectivity index (χ1) is 10.1. The number of likely N-dealkylation sites (tertiary alicyclic amines) is 1. The molecule has 0 radical (unpaired) electrons. The van der Waals surface area contributed by atoms with Gasteiger partial charge in [-0.15, -0.1) is 0 Å². The zero-order chi connectivity index (χ0) is 15.2. The molecule has 0 bridgehead atoms. The van der Waals surface area contributed by atoms with Crippen molar-refractivity contribution in [2.75, 3.05) is 32.8 Å². The number of aryl methyl sites for hydroxylation is 2. The quantitative estimate of drug-likeness (QED) is 0.793. The van der Waals surface area contributed by atoms with Crippen molar-refractivity contribution < 1.29 is 5.11 Å². The van der Waals surface area contributed by atoms with E-state index in [1.54, 1.807) is 0 Å². The van der Waals surface area contributed by atoms with Crippen molar-refractivity contribution in [3.8, 4) is 0 Å². The van der Waals surface area contributed by atoms with Gasteiger partial charge in [-0.25, -0.2) is 0 Å². The number of aliphatic hydroxyl groups is 1. The SMILES string of the molecule is Cc1cc(C)n(CC(C)NCCN2CCC(CO)CC2)n1. The maximum atomic E-state index is 9.15. The zero-order valence-corrected chi connectivity index (χ0v) is 13.7. The van der Waals surface area contributed by atoms with E-state index in [2.05, 4.69) is 39.9 Å². The summed E-state index contributed by atoms with van der Waals surface area (Å²) >= 11 is 0. The van der Waals surface area contributed by atoms with E-state index in [-0.39, 0.29) is 0 Å². The third-order valence-corrected chi connectivity index (χ3v) is 4.44. The van der Waals surface area contributed by atoms with Crippen LogP contribution < -0.4 is 5.32 Å². The fourth-order valence-corrected chi connectivity index (χ4v) is 3.05. The Hall–Kier alpha value is -0.910. The second kappa shape index (κ2) is 7.92. The fourth-order valence-electron chi connectivity index (χ4n) is 3.05. The van der Waals surface area contributed by atoms with Crippen LogP contribution >= 0.6 is 0 Å². The van der Waals surface area contributed by atoms with E-state index in [9.17, 15) is 0 Å². The molecule has 5 heteroatoms. The number of hydrogen-bond acceptors (Lipinski definition) is 4. The highest BCUT2D eigenvalue weighted by Crippen LogP contribution is 2.15. The first kappa shape index (κ1) is 16.5. The van der Waals surface area contributed by atoms with Crippen LogP contribution in [0.4, 0.5) is 0 Å². The number of aliphatic hydroxyl groups excluding tert-OH is 1. The number of hydrogen-bond donors (Lipinski definition) is 2. The number of nitrogens with zero attached hydrogens (tertiary/aromatic N) is 3. The van der Waals surface area contributed by atoms with E-state index in [1.807, 2.05) is 6.92 Å². The van der Waals surface area contributed by atoms with Crippen LogP contribution in [0.5, 0.6) is 0 Å². The lowest BCUT2D eigenvalue weighted by molar-refractivity contribution is 0.131. The highest BCUT2D eigenvalue weighted by atomic mass is 16.3. The normalized spacial score (nSPS) is 19.0. The second-order valence-corrected chi connectivity index (χ2v) is 6.43. The molecule has 1 aromatic rings. The van der Waals surface area contributed by atoms with Gasteiger partial charge < -0.3 is 15.3 Å². The summed E-state index contributed by atoms with van der Waals surface area (Å²) in [6.45, 7) is 12.0. The molecule has 2 rings (SSSR count). The van der Waals surface area contributed by atoms with E-state index in [1.165, 1.54) is 5.69 Å². The molecule has 1 aliphatic heterocycles. The van der Waals surface area contributed by atoms with Crippen LogP contribution in [-0.4, -0.2) is 58.6 Å². The van der Waals surface area contributed by atoms with Crippen molar-refractivity contribution in [2.24, 2.45) is 5.92 Å².